The van der Waals surface area contributed by atoms with Crippen LogP contribution in [-0.4, -0.2) is 65.3 Å². The van der Waals surface area contributed by atoms with Gasteiger partial charge in [0.25, 0.3) is 5.56 Å². The molecule has 2 N–H and O–H groups in total. The van der Waals surface area contributed by atoms with Gasteiger partial charge in [-0.15, -0.1) is 0 Å². The van der Waals surface area contributed by atoms with E-state index in [1.54, 1.807) is 0 Å². The number of aromatic nitrogens is 1. The second-order valence-corrected chi connectivity index (χ2v) is 9.18. The van der Waals surface area contributed by atoms with Gasteiger partial charge in [0.15, 0.2) is 5.11 Å². The lowest BCUT2D eigenvalue weighted by Crippen LogP contribution is -2.44. The predicted molar refractivity (Wildman–Crippen MR) is 136 cm³/mol. The number of benzene rings is 1. The first-order valence-electron chi connectivity index (χ1n) is 11.9. The van der Waals surface area contributed by atoms with Gasteiger partial charge in [0.2, 0.25) is 0 Å². The molecule has 0 saturated carbocycles. The number of nitrogens with one attached hydrogen (secondary N) is 2. The second-order valence-electron chi connectivity index (χ2n) is 8.80. The minimum atomic E-state index is -0.0499. The van der Waals surface area contributed by atoms with Crippen molar-refractivity contribution in [2.75, 3.05) is 39.3 Å². The Bertz CT molecular complexity index is 964. The van der Waals surface area contributed by atoms with Crippen LogP contribution in [0.5, 0.6) is 0 Å². The lowest BCUT2D eigenvalue weighted by Gasteiger charge is -2.28. The van der Waals surface area contributed by atoms with Crippen LogP contribution in [0.4, 0.5) is 0 Å². The highest BCUT2D eigenvalue weighted by Gasteiger charge is 2.22. The number of thiocarbonyl (C=S) groups is 1. The topological polar surface area (TPSA) is 60.6 Å². The fourth-order valence-electron chi connectivity index (χ4n) is 4.46. The molecule has 6 nitrogen and oxygen atoms in total. The van der Waals surface area contributed by atoms with E-state index in [0.717, 1.165) is 74.1 Å². The Labute approximate surface area is 197 Å². The van der Waals surface area contributed by atoms with Crippen LogP contribution in [0.2, 0.25) is 0 Å². The third kappa shape index (κ3) is 6.53. The van der Waals surface area contributed by atoms with E-state index in [2.05, 4.69) is 53.0 Å². The molecule has 1 aliphatic heterocycles. The number of aryl methyl sites for hydroxylation is 2. The molecule has 0 bridgehead atoms. The Kier molecular flexibility index (Phi) is 9.08. The summed E-state index contributed by atoms with van der Waals surface area (Å²) in [5.74, 6) is 0. The van der Waals surface area contributed by atoms with Crippen LogP contribution in [-0.2, 0) is 11.3 Å². The largest absolute Gasteiger partial charge is 0.376 e. The summed E-state index contributed by atoms with van der Waals surface area (Å²) in [7, 11) is 0. The molecule has 2 aromatic rings. The maximum Gasteiger partial charge on any atom is 0.253 e. The quantitative estimate of drug-likeness (QED) is 0.418. The van der Waals surface area contributed by atoms with Gasteiger partial charge in [-0.25, -0.2) is 0 Å². The number of pyridine rings is 1. The molecule has 0 radical (unpaired) electrons. The van der Waals surface area contributed by atoms with Crippen molar-refractivity contribution in [2.45, 2.75) is 59.6 Å². The van der Waals surface area contributed by atoms with Gasteiger partial charge in [0.1, 0.15) is 0 Å². The fourth-order valence-corrected chi connectivity index (χ4v) is 4.70. The van der Waals surface area contributed by atoms with Gasteiger partial charge in [0.05, 0.1) is 18.2 Å². The molecule has 7 heteroatoms. The highest BCUT2D eigenvalue weighted by molar-refractivity contribution is 7.80. The molecule has 32 heavy (non-hydrogen) atoms. The van der Waals surface area contributed by atoms with Gasteiger partial charge in [-0.3, -0.25) is 4.79 Å². The highest BCUT2D eigenvalue weighted by Crippen LogP contribution is 2.19. The van der Waals surface area contributed by atoms with E-state index < -0.39 is 0 Å². The van der Waals surface area contributed by atoms with Crippen molar-refractivity contribution in [1.29, 1.82) is 0 Å². The number of H-pyrrole nitrogens is 1. The van der Waals surface area contributed by atoms with Gasteiger partial charge in [0, 0.05) is 25.3 Å². The molecule has 1 aromatic carbocycles. The standard InChI is InChI=1S/C25H38N4O2S/c1-5-28(6-2)11-8-10-26-25(32)29(17-22-9-7-12-31-22)16-21-15-20-14-18(3)13-19(4)23(20)27-24(21)30/h13-15,22H,5-12,16-17H2,1-4H3,(H,26,32)(H,27,30)/t22-/m0/s1. The fraction of sp³-hybridized carbons (Fsp3) is 0.600. The number of nitrogens with zero attached hydrogens (tertiary/aromatic N) is 2. The molecular weight excluding hydrogens is 420 g/mol. The van der Waals surface area contributed by atoms with Gasteiger partial charge in [-0.1, -0.05) is 25.5 Å². The molecule has 176 valence electrons. The van der Waals surface area contributed by atoms with Crippen LogP contribution >= 0.6 is 12.2 Å². The zero-order valence-corrected chi connectivity index (χ0v) is 20.8. The minimum absolute atomic E-state index is 0.0499. The molecule has 0 amide bonds. The third-order valence-corrected chi connectivity index (χ3v) is 6.69. The maximum absolute atomic E-state index is 12.9. The van der Waals surface area contributed by atoms with Crippen molar-refractivity contribution in [3.8, 4) is 0 Å². The molecule has 0 unspecified atom stereocenters. The molecule has 1 aromatic heterocycles. The van der Waals surface area contributed by atoms with Crippen molar-refractivity contribution in [1.82, 2.24) is 20.1 Å². The Morgan fingerprint density at radius 1 is 1.25 bits per heavy atom. The lowest BCUT2D eigenvalue weighted by molar-refractivity contribution is 0.0896. The summed E-state index contributed by atoms with van der Waals surface area (Å²) in [5.41, 5.74) is 3.87. The first kappa shape index (κ1) is 24.7. The molecule has 2 heterocycles. The van der Waals surface area contributed by atoms with Crippen molar-refractivity contribution < 1.29 is 4.74 Å². The Hall–Kier alpha value is -1.96. The summed E-state index contributed by atoms with van der Waals surface area (Å²) in [6.45, 7) is 14.5. The average Bonchev–Trinajstić information content (AvgIpc) is 3.27. The average molecular weight is 459 g/mol. The van der Waals surface area contributed by atoms with Crippen LogP contribution in [0.1, 0.15) is 49.8 Å². The molecule has 1 fully saturated rings. The molecule has 0 aliphatic carbocycles. The number of ether oxygens (including phenoxy) is 1. The van der Waals surface area contributed by atoms with E-state index in [1.165, 1.54) is 5.56 Å². The zero-order chi connectivity index (χ0) is 23.1. The monoisotopic (exact) mass is 458 g/mol. The lowest BCUT2D eigenvalue weighted by atomic mass is 10.1. The maximum atomic E-state index is 12.9. The zero-order valence-electron chi connectivity index (χ0n) is 20.0. The number of rotatable bonds is 10. The van der Waals surface area contributed by atoms with Crippen molar-refractivity contribution >= 4 is 28.2 Å². The van der Waals surface area contributed by atoms with E-state index in [4.69, 9.17) is 17.0 Å². The number of hydrogen-bond acceptors (Lipinski definition) is 4. The summed E-state index contributed by atoms with van der Waals surface area (Å²) in [6, 6.07) is 6.23. The molecule has 3 rings (SSSR count). The third-order valence-electron chi connectivity index (χ3n) is 6.29. The van der Waals surface area contributed by atoms with Crippen LogP contribution in [0.25, 0.3) is 10.9 Å². The Balaban J connectivity index is 1.73. The Morgan fingerprint density at radius 2 is 2.03 bits per heavy atom. The first-order valence-corrected chi connectivity index (χ1v) is 12.3. The first-order chi connectivity index (χ1) is 15.4. The van der Waals surface area contributed by atoms with Gasteiger partial charge in [-0.2, -0.15) is 0 Å². The number of aromatic amines is 1. The van der Waals surface area contributed by atoms with Gasteiger partial charge < -0.3 is 24.8 Å². The molecule has 1 atom stereocenters. The summed E-state index contributed by atoms with van der Waals surface area (Å²) in [5, 5.41) is 5.17. The molecule has 1 aliphatic rings. The molecule has 0 spiro atoms. The number of fused-ring (bicyclic) bond motifs is 1. The van der Waals surface area contributed by atoms with Crippen molar-refractivity contribution in [3.63, 3.8) is 0 Å². The van der Waals surface area contributed by atoms with Crippen LogP contribution in [0.3, 0.4) is 0 Å². The smallest absolute Gasteiger partial charge is 0.253 e. The van der Waals surface area contributed by atoms with Gasteiger partial charge >= 0.3 is 0 Å². The minimum Gasteiger partial charge on any atom is -0.376 e. The van der Waals surface area contributed by atoms with E-state index in [0.29, 0.717) is 18.2 Å². The van der Waals surface area contributed by atoms with E-state index >= 15 is 0 Å². The van der Waals surface area contributed by atoms with Crippen molar-refractivity contribution in [3.05, 3.63) is 45.2 Å². The number of hydrogen-bond donors (Lipinski definition) is 2. The summed E-state index contributed by atoms with van der Waals surface area (Å²) < 4.78 is 5.87. The van der Waals surface area contributed by atoms with Crippen LogP contribution in [0.15, 0.2) is 23.0 Å². The van der Waals surface area contributed by atoms with Gasteiger partial charge in [-0.05, 0) is 88.0 Å². The van der Waals surface area contributed by atoms with Crippen LogP contribution in [0, 0.1) is 13.8 Å². The molecule has 1 saturated heterocycles. The van der Waals surface area contributed by atoms with E-state index in [-0.39, 0.29) is 11.7 Å². The normalized spacial score (nSPS) is 16.1. The molecular formula is C25H38N4O2S. The van der Waals surface area contributed by atoms with E-state index in [9.17, 15) is 4.79 Å². The highest BCUT2D eigenvalue weighted by atomic mass is 32.1. The SMILES string of the molecule is CCN(CC)CCCNC(=S)N(Cc1cc2cc(C)cc(C)c2[nH]c1=O)C[C@@H]1CCCO1. The van der Waals surface area contributed by atoms with E-state index in [1.807, 2.05) is 13.0 Å². The van der Waals surface area contributed by atoms with Crippen LogP contribution < -0.4 is 10.9 Å². The Morgan fingerprint density at radius 3 is 2.72 bits per heavy atom. The summed E-state index contributed by atoms with van der Waals surface area (Å²) in [4.78, 5) is 20.5. The summed E-state index contributed by atoms with van der Waals surface area (Å²) >= 11 is 5.76. The van der Waals surface area contributed by atoms with Crippen molar-refractivity contribution in [2.24, 2.45) is 0 Å². The summed E-state index contributed by atoms with van der Waals surface area (Å²) in [6.07, 6.45) is 3.31. The second kappa shape index (κ2) is 11.8. The predicted octanol–water partition coefficient (Wildman–Crippen LogP) is 3.73.